The molecular formula is C16H16BrFO2. The Kier molecular flexibility index (Phi) is 5.01. The van der Waals surface area contributed by atoms with Crippen molar-refractivity contribution >= 4 is 15.9 Å². The molecule has 1 unspecified atom stereocenters. The Morgan fingerprint density at radius 3 is 2.25 bits per heavy atom. The summed E-state index contributed by atoms with van der Waals surface area (Å²) in [4.78, 5) is 0.126. The lowest BCUT2D eigenvalue weighted by atomic mass is 10.0. The third-order valence-corrected chi connectivity index (χ3v) is 3.95. The van der Waals surface area contributed by atoms with E-state index in [9.17, 15) is 4.39 Å². The molecule has 0 aliphatic carbocycles. The molecule has 0 spiro atoms. The van der Waals surface area contributed by atoms with E-state index in [0.29, 0.717) is 11.5 Å². The van der Waals surface area contributed by atoms with Gasteiger partial charge in [0.05, 0.1) is 14.2 Å². The van der Waals surface area contributed by atoms with E-state index in [2.05, 4.69) is 15.9 Å². The molecule has 0 saturated heterocycles. The summed E-state index contributed by atoms with van der Waals surface area (Å²) in [5.41, 5.74) is 2.16. The van der Waals surface area contributed by atoms with Crippen LogP contribution in [0.15, 0.2) is 42.5 Å². The van der Waals surface area contributed by atoms with Crippen LogP contribution in [-0.2, 0) is 6.42 Å². The molecule has 0 N–H and O–H groups in total. The summed E-state index contributed by atoms with van der Waals surface area (Å²) in [5, 5.41) is 0. The van der Waals surface area contributed by atoms with Gasteiger partial charge in [-0.25, -0.2) is 4.39 Å². The Morgan fingerprint density at radius 1 is 1.00 bits per heavy atom. The summed E-state index contributed by atoms with van der Waals surface area (Å²) in [5.74, 6) is 1.20. The third kappa shape index (κ3) is 3.51. The molecule has 2 nitrogen and oxygen atoms in total. The zero-order valence-electron chi connectivity index (χ0n) is 11.4. The summed E-state index contributed by atoms with van der Waals surface area (Å²) in [6.07, 6.45) is 0.784. The number of hydrogen-bond acceptors (Lipinski definition) is 2. The molecule has 0 radical (unpaired) electrons. The predicted octanol–water partition coefficient (Wildman–Crippen LogP) is 4.52. The van der Waals surface area contributed by atoms with Crippen LogP contribution >= 0.6 is 15.9 Å². The largest absolute Gasteiger partial charge is 0.493 e. The summed E-state index contributed by atoms with van der Waals surface area (Å²) >= 11 is 3.63. The van der Waals surface area contributed by atoms with Gasteiger partial charge in [-0.05, 0) is 41.8 Å². The second kappa shape index (κ2) is 6.75. The van der Waals surface area contributed by atoms with Gasteiger partial charge in [0, 0.05) is 4.83 Å². The Labute approximate surface area is 126 Å². The Balaban J connectivity index is 2.15. The Hall–Kier alpha value is -1.55. The second-order valence-corrected chi connectivity index (χ2v) is 5.52. The number of benzene rings is 2. The summed E-state index contributed by atoms with van der Waals surface area (Å²) in [6.45, 7) is 0. The molecule has 0 aromatic heterocycles. The summed E-state index contributed by atoms with van der Waals surface area (Å²) in [7, 11) is 3.23. The van der Waals surface area contributed by atoms with E-state index < -0.39 is 0 Å². The van der Waals surface area contributed by atoms with Gasteiger partial charge in [0.15, 0.2) is 11.5 Å². The normalized spacial score (nSPS) is 12.0. The van der Waals surface area contributed by atoms with Crippen molar-refractivity contribution in [2.24, 2.45) is 0 Å². The average Bonchev–Trinajstić information content (AvgIpc) is 2.47. The van der Waals surface area contributed by atoms with Crippen LogP contribution < -0.4 is 9.47 Å². The maximum Gasteiger partial charge on any atom is 0.160 e. The van der Waals surface area contributed by atoms with Crippen molar-refractivity contribution in [2.45, 2.75) is 11.2 Å². The van der Waals surface area contributed by atoms with Gasteiger partial charge >= 0.3 is 0 Å². The van der Waals surface area contributed by atoms with Crippen LogP contribution in [-0.4, -0.2) is 14.2 Å². The molecule has 20 heavy (non-hydrogen) atoms. The first-order valence-corrected chi connectivity index (χ1v) is 7.16. The van der Waals surface area contributed by atoms with Crippen LogP contribution in [0.5, 0.6) is 11.5 Å². The smallest absolute Gasteiger partial charge is 0.160 e. The minimum atomic E-state index is -0.223. The molecule has 1 atom stereocenters. The maximum absolute atomic E-state index is 12.9. The highest BCUT2D eigenvalue weighted by molar-refractivity contribution is 9.09. The standard InChI is InChI=1S/C16H16BrFO2/c1-19-15-8-3-11(10-16(15)20-2)9-14(17)12-4-6-13(18)7-5-12/h3-8,10,14H,9H2,1-2H3. The van der Waals surface area contributed by atoms with Crippen LogP contribution in [0.4, 0.5) is 4.39 Å². The highest BCUT2D eigenvalue weighted by Crippen LogP contribution is 2.32. The van der Waals surface area contributed by atoms with Crippen LogP contribution in [0.2, 0.25) is 0 Å². The van der Waals surface area contributed by atoms with E-state index >= 15 is 0 Å². The van der Waals surface area contributed by atoms with E-state index in [1.165, 1.54) is 12.1 Å². The number of ether oxygens (including phenoxy) is 2. The number of hydrogen-bond donors (Lipinski definition) is 0. The number of alkyl halides is 1. The molecule has 0 amide bonds. The Morgan fingerprint density at radius 2 is 1.65 bits per heavy atom. The lowest BCUT2D eigenvalue weighted by molar-refractivity contribution is 0.354. The first-order valence-electron chi connectivity index (χ1n) is 6.24. The van der Waals surface area contributed by atoms with Gasteiger partial charge in [-0.2, -0.15) is 0 Å². The minimum Gasteiger partial charge on any atom is -0.493 e. The van der Waals surface area contributed by atoms with Crippen molar-refractivity contribution in [3.63, 3.8) is 0 Å². The van der Waals surface area contributed by atoms with Crippen LogP contribution in [0.1, 0.15) is 16.0 Å². The highest BCUT2D eigenvalue weighted by Gasteiger charge is 2.11. The lowest BCUT2D eigenvalue weighted by Crippen LogP contribution is -1.97. The van der Waals surface area contributed by atoms with Crippen molar-refractivity contribution < 1.29 is 13.9 Å². The second-order valence-electron chi connectivity index (χ2n) is 4.41. The fourth-order valence-electron chi connectivity index (χ4n) is 2.00. The van der Waals surface area contributed by atoms with E-state index in [1.54, 1.807) is 26.4 Å². The van der Waals surface area contributed by atoms with E-state index in [4.69, 9.17) is 9.47 Å². The topological polar surface area (TPSA) is 18.5 Å². The van der Waals surface area contributed by atoms with E-state index in [0.717, 1.165) is 17.5 Å². The highest BCUT2D eigenvalue weighted by atomic mass is 79.9. The van der Waals surface area contributed by atoms with Gasteiger partial charge in [-0.15, -0.1) is 0 Å². The third-order valence-electron chi connectivity index (χ3n) is 3.09. The van der Waals surface area contributed by atoms with Crippen molar-refractivity contribution in [2.75, 3.05) is 14.2 Å². The molecule has 0 bridgehead atoms. The molecule has 4 heteroatoms. The fourth-order valence-corrected chi connectivity index (χ4v) is 2.68. The van der Waals surface area contributed by atoms with Crippen molar-refractivity contribution in [1.29, 1.82) is 0 Å². The number of methoxy groups -OCH3 is 2. The SMILES string of the molecule is COc1ccc(CC(Br)c2ccc(F)cc2)cc1OC. The monoisotopic (exact) mass is 338 g/mol. The van der Waals surface area contributed by atoms with Gasteiger partial charge in [-0.3, -0.25) is 0 Å². The number of halogens is 2. The van der Waals surface area contributed by atoms with Crippen molar-refractivity contribution in [3.05, 3.63) is 59.4 Å². The maximum atomic E-state index is 12.9. The molecule has 0 aliphatic rings. The summed E-state index contributed by atoms with van der Waals surface area (Å²) in [6, 6.07) is 12.4. The van der Waals surface area contributed by atoms with Crippen LogP contribution in [0.3, 0.4) is 0 Å². The molecule has 0 heterocycles. The van der Waals surface area contributed by atoms with Gasteiger partial charge in [0.1, 0.15) is 5.82 Å². The van der Waals surface area contributed by atoms with Crippen molar-refractivity contribution in [3.8, 4) is 11.5 Å². The van der Waals surface area contributed by atoms with Crippen molar-refractivity contribution in [1.82, 2.24) is 0 Å². The first kappa shape index (κ1) is 14.9. The molecule has 106 valence electrons. The molecular weight excluding hydrogens is 323 g/mol. The van der Waals surface area contributed by atoms with Gasteiger partial charge < -0.3 is 9.47 Å². The summed E-state index contributed by atoms with van der Waals surface area (Å²) < 4.78 is 23.4. The molecule has 2 rings (SSSR count). The molecule has 2 aromatic rings. The van der Waals surface area contributed by atoms with Crippen LogP contribution in [0.25, 0.3) is 0 Å². The molecule has 0 saturated carbocycles. The molecule has 2 aromatic carbocycles. The van der Waals surface area contributed by atoms with Gasteiger partial charge in [0.2, 0.25) is 0 Å². The number of rotatable bonds is 5. The van der Waals surface area contributed by atoms with Gasteiger partial charge in [-0.1, -0.05) is 34.1 Å². The first-order chi connectivity index (χ1) is 9.63. The van der Waals surface area contributed by atoms with Gasteiger partial charge in [0.25, 0.3) is 0 Å². The van der Waals surface area contributed by atoms with E-state index in [-0.39, 0.29) is 10.6 Å². The lowest BCUT2D eigenvalue weighted by Gasteiger charge is -2.13. The molecule has 0 aliphatic heterocycles. The quantitative estimate of drug-likeness (QED) is 0.746. The zero-order valence-corrected chi connectivity index (χ0v) is 13.0. The molecule has 0 fully saturated rings. The predicted molar refractivity (Wildman–Crippen MR) is 81.3 cm³/mol. The minimum absolute atomic E-state index is 0.126. The fraction of sp³-hybridized carbons (Fsp3) is 0.250. The average molecular weight is 339 g/mol. The van der Waals surface area contributed by atoms with E-state index in [1.807, 2.05) is 18.2 Å². The Bertz CT molecular complexity index is 569. The zero-order chi connectivity index (χ0) is 14.5. The van der Waals surface area contributed by atoms with Crippen LogP contribution in [0, 0.1) is 5.82 Å².